The van der Waals surface area contributed by atoms with E-state index >= 15 is 0 Å². The van der Waals surface area contributed by atoms with Crippen molar-refractivity contribution in [2.24, 2.45) is 11.8 Å². The lowest BCUT2D eigenvalue weighted by atomic mass is 9.84. The zero-order chi connectivity index (χ0) is 16.2. The molecular formula is C17H26N2O4. The highest BCUT2D eigenvalue weighted by Crippen LogP contribution is 2.34. The molecule has 3 heterocycles. The number of likely N-dealkylation sites (N-methyl/N-ethyl adjacent to an activating group) is 1. The minimum absolute atomic E-state index is 0.0838. The van der Waals surface area contributed by atoms with Crippen LogP contribution in [0.2, 0.25) is 0 Å². The van der Waals surface area contributed by atoms with Crippen molar-refractivity contribution in [3.05, 3.63) is 24.2 Å². The van der Waals surface area contributed by atoms with Crippen LogP contribution >= 0.6 is 0 Å². The highest BCUT2D eigenvalue weighted by molar-refractivity contribution is 5.77. The van der Waals surface area contributed by atoms with E-state index in [1.165, 1.54) is 0 Å². The lowest BCUT2D eigenvalue weighted by Gasteiger charge is -2.36. The van der Waals surface area contributed by atoms with Crippen molar-refractivity contribution in [2.45, 2.75) is 19.1 Å². The number of methoxy groups -OCH3 is 1. The number of nitrogens with zero attached hydrogens (tertiary/aromatic N) is 2. The number of rotatable bonds is 6. The molecule has 0 saturated carbocycles. The molecule has 0 unspecified atom stereocenters. The largest absolute Gasteiger partial charge is 0.468 e. The standard InChI is InChI=1S/C17H26N2O4/c1-18(8-14-4-3-7-22-14)10-16-15-9-19(17(20)12-21-2)6-5-13(15)11-23-16/h3-4,7,13,15-16H,5-6,8-12H2,1-2H3/t13-,15-,16+/m1/s1. The number of carbonyl (C=O) groups is 1. The van der Waals surface area contributed by atoms with Gasteiger partial charge in [0.05, 0.1) is 25.5 Å². The zero-order valence-corrected chi connectivity index (χ0v) is 13.9. The summed E-state index contributed by atoms with van der Waals surface area (Å²) in [6.07, 6.45) is 2.91. The number of ether oxygens (including phenoxy) is 2. The summed E-state index contributed by atoms with van der Waals surface area (Å²) in [4.78, 5) is 16.2. The highest BCUT2D eigenvalue weighted by atomic mass is 16.5. The van der Waals surface area contributed by atoms with E-state index in [0.717, 1.165) is 45.0 Å². The fourth-order valence-electron chi connectivity index (χ4n) is 3.70. The predicted molar refractivity (Wildman–Crippen MR) is 84.8 cm³/mol. The maximum atomic E-state index is 12.1. The molecule has 0 aromatic carbocycles. The molecule has 2 aliphatic rings. The van der Waals surface area contributed by atoms with Gasteiger partial charge in [-0.15, -0.1) is 0 Å². The number of hydrogen-bond acceptors (Lipinski definition) is 5. The van der Waals surface area contributed by atoms with Crippen LogP contribution in [-0.4, -0.2) is 68.8 Å². The Morgan fingerprint density at radius 2 is 2.39 bits per heavy atom. The van der Waals surface area contributed by atoms with Gasteiger partial charge in [-0.05, 0) is 31.5 Å². The molecule has 2 aliphatic heterocycles. The van der Waals surface area contributed by atoms with Gasteiger partial charge in [0, 0.05) is 32.7 Å². The van der Waals surface area contributed by atoms with Crippen LogP contribution in [0.15, 0.2) is 22.8 Å². The average Bonchev–Trinajstić information content (AvgIpc) is 3.17. The van der Waals surface area contributed by atoms with Crippen LogP contribution in [0.3, 0.4) is 0 Å². The summed E-state index contributed by atoms with van der Waals surface area (Å²) in [5.74, 6) is 2.04. The molecule has 23 heavy (non-hydrogen) atoms. The maximum absolute atomic E-state index is 12.1. The quantitative estimate of drug-likeness (QED) is 0.788. The summed E-state index contributed by atoms with van der Waals surface area (Å²) in [7, 11) is 3.64. The maximum Gasteiger partial charge on any atom is 0.248 e. The molecule has 2 fully saturated rings. The molecule has 0 spiro atoms. The van der Waals surface area contributed by atoms with E-state index < -0.39 is 0 Å². The molecule has 1 aromatic heterocycles. The highest BCUT2D eigenvalue weighted by Gasteiger charge is 2.42. The fourth-order valence-corrected chi connectivity index (χ4v) is 3.70. The van der Waals surface area contributed by atoms with Crippen LogP contribution in [0.5, 0.6) is 0 Å². The van der Waals surface area contributed by atoms with Crippen molar-refractivity contribution < 1.29 is 18.7 Å². The van der Waals surface area contributed by atoms with Gasteiger partial charge in [-0.1, -0.05) is 0 Å². The zero-order valence-electron chi connectivity index (χ0n) is 13.9. The van der Waals surface area contributed by atoms with E-state index in [4.69, 9.17) is 13.9 Å². The number of likely N-dealkylation sites (tertiary alicyclic amines) is 1. The van der Waals surface area contributed by atoms with Crippen molar-refractivity contribution in [2.75, 3.05) is 47.0 Å². The Morgan fingerprint density at radius 1 is 1.52 bits per heavy atom. The molecule has 3 atom stereocenters. The number of hydrogen-bond donors (Lipinski definition) is 0. The average molecular weight is 322 g/mol. The molecule has 1 amide bonds. The molecule has 0 N–H and O–H groups in total. The summed E-state index contributed by atoms with van der Waals surface area (Å²) in [5, 5.41) is 0. The van der Waals surface area contributed by atoms with Gasteiger partial charge in [-0.25, -0.2) is 0 Å². The summed E-state index contributed by atoms with van der Waals surface area (Å²) in [6, 6.07) is 3.90. The van der Waals surface area contributed by atoms with Gasteiger partial charge in [0.1, 0.15) is 12.4 Å². The molecule has 0 bridgehead atoms. The third kappa shape index (κ3) is 3.94. The summed E-state index contributed by atoms with van der Waals surface area (Å²) in [5.41, 5.74) is 0. The molecule has 128 valence electrons. The number of carbonyl (C=O) groups excluding carboxylic acids is 1. The first kappa shape index (κ1) is 16.5. The Balaban J connectivity index is 1.55. The second-order valence-corrected chi connectivity index (χ2v) is 6.63. The first-order valence-corrected chi connectivity index (χ1v) is 8.26. The van der Waals surface area contributed by atoms with Crippen LogP contribution in [0.25, 0.3) is 0 Å². The fraction of sp³-hybridized carbons (Fsp3) is 0.706. The van der Waals surface area contributed by atoms with Crippen molar-refractivity contribution >= 4 is 5.91 Å². The number of amides is 1. The second-order valence-electron chi connectivity index (χ2n) is 6.63. The Hall–Kier alpha value is -1.37. The van der Waals surface area contributed by atoms with Crippen molar-refractivity contribution in [1.82, 2.24) is 9.80 Å². The lowest BCUT2D eigenvalue weighted by Crippen LogP contribution is -2.48. The van der Waals surface area contributed by atoms with Crippen molar-refractivity contribution in [3.8, 4) is 0 Å². The third-order valence-corrected chi connectivity index (χ3v) is 4.93. The predicted octanol–water partition coefficient (Wildman–Crippen LogP) is 1.22. The Morgan fingerprint density at radius 3 is 3.13 bits per heavy atom. The van der Waals surface area contributed by atoms with Crippen LogP contribution in [0.4, 0.5) is 0 Å². The monoisotopic (exact) mass is 322 g/mol. The molecule has 2 saturated heterocycles. The van der Waals surface area contributed by atoms with Gasteiger partial charge in [0.25, 0.3) is 0 Å². The Kier molecular flexibility index (Phi) is 5.35. The Labute approximate surface area is 137 Å². The molecule has 0 aliphatic carbocycles. The first-order chi connectivity index (χ1) is 11.2. The molecule has 0 radical (unpaired) electrons. The van der Waals surface area contributed by atoms with Crippen LogP contribution in [-0.2, 0) is 20.8 Å². The minimum atomic E-state index is 0.0838. The van der Waals surface area contributed by atoms with Gasteiger partial charge >= 0.3 is 0 Å². The first-order valence-electron chi connectivity index (χ1n) is 8.26. The van der Waals surface area contributed by atoms with Crippen molar-refractivity contribution in [3.63, 3.8) is 0 Å². The lowest BCUT2D eigenvalue weighted by molar-refractivity contribution is -0.137. The molecule has 6 nitrogen and oxygen atoms in total. The van der Waals surface area contributed by atoms with Crippen LogP contribution < -0.4 is 0 Å². The molecule has 1 aromatic rings. The van der Waals surface area contributed by atoms with Gasteiger partial charge in [-0.3, -0.25) is 9.69 Å². The number of furan rings is 1. The second kappa shape index (κ2) is 7.47. The van der Waals surface area contributed by atoms with E-state index in [2.05, 4.69) is 11.9 Å². The molecule has 3 rings (SSSR count). The van der Waals surface area contributed by atoms with Gasteiger partial charge < -0.3 is 18.8 Å². The number of piperidine rings is 1. The van der Waals surface area contributed by atoms with Crippen LogP contribution in [0, 0.1) is 11.8 Å². The van der Waals surface area contributed by atoms with Gasteiger partial charge in [0.15, 0.2) is 0 Å². The third-order valence-electron chi connectivity index (χ3n) is 4.93. The smallest absolute Gasteiger partial charge is 0.248 e. The molecular weight excluding hydrogens is 296 g/mol. The van der Waals surface area contributed by atoms with Gasteiger partial charge in [0.2, 0.25) is 5.91 Å². The van der Waals surface area contributed by atoms with E-state index in [0.29, 0.717) is 11.8 Å². The number of fused-ring (bicyclic) bond motifs is 1. The van der Waals surface area contributed by atoms with E-state index in [1.54, 1.807) is 13.4 Å². The van der Waals surface area contributed by atoms with E-state index in [9.17, 15) is 4.79 Å². The van der Waals surface area contributed by atoms with Gasteiger partial charge in [-0.2, -0.15) is 0 Å². The summed E-state index contributed by atoms with van der Waals surface area (Å²) in [6.45, 7) is 4.22. The summed E-state index contributed by atoms with van der Waals surface area (Å²) < 4.78 is 16.4. The Bertz CT molecular complexity index is 505. The topological polar surface area (TPSA) is 55.1 Å². The summed E-state index contributed by atoms with van der Waals surface area (Å²) >= 11 is 0. The SMILES string of the molecule is COCC(=O)N1CC[C@@H]2CO[C@@H](CN(C)Cc3ccco3)[C@@H]2C1. The molecule has 6 heteroatoms. The van der Waals surface area contributed by atoms with Crippen LogP contribution in [0.1, 0.15) is 12.2 Å². The normalized spacial score (nSPS) is 27.4. The van der Waals surface area contributed by atoms with E-state index in [-0.39, 0.29) is 18.6 Å². The van der Waals surface area contributed by atoms with E-state index in [1.807, 2.05) is 17.0 Å². The minimum Gasteiger partial charge on any atom is -0.468 e. The van der Waals surface area contributed by atoms with Crippen molar-refractivity contribution in [1.29, 1.82) is 0 Å².